The molecule has 5 nitrogen and oxygen atoms in total. The highest BCUT2D eigenvalue weighted by molar-refractivity contribution is 6.58. The summed E-state index contributed by atoms with van der Waals surface area (Å²) in [5.41, 5.74) is 2.25. The Balaban J connectivity index is 1.79. The maximum atomic E-state index is 9.08. The molecule has 3 rings (SSSR count). The van der Waals surface area contributed by atoms with Crippen molar-refractivity contribution in [3.05, 3.63) is 59.4 Å². The largest absolute Gasteiger partial charge is 0.488 e. The molecule has 1 aromatic heterocycles. The van der Waals surface area contributed by atoms with E-state index in [0.717, 1.165) is 22.3 Å². The Hall–Kier alpha value is -2.15. The van der Waals surface area contributed by atoms with Gasteiger partial charge in [-0.25, -0.2) is 9.97 Å². The standard InChI is InChI=1S/C15H13BClN3O2/c17-12-5-6-13-14(7-12)19-9-20-15(13)18-8-10-1-3-11(4-2-10)16(21)22/h1-7,9,21-22H,8H2,(H,18,19,20). The second-order valence-corrected chi connectivity index (χ2v) is 5.29. The maximum Gasteiger partial charge on any atom is 0.488 e. The van der Waals surface area contributed by atoms with Crippen molar-refractivity contribution >= 4 is 40.9 Å². The average Bonchev–Trinajstić information content (AvgIpc) is 2.52. The molecule has 0 spiro atoms. The molecule has 0 fully saturated rings. The van der Waals surface area contributed by atoms with Crippen LogP contribution in [0, 0.1) is 0 Å². The molecule has 1 heterocycles. The number of fused-ring (bicyclic) bond motifs is 1. The molecule has 7 heteroatoms. The molecule has 0 bridgehead atoms. The number of hydrogen-bond donors (Lipinski definition) is 3. The highest BCUT2D eigenvalue weighted by Crippen LogP contribution is 2.22. The summed E-state index contributed by atoms with van der Waals surface area (Å²) in [6.45, 7) is 0.566. The smallest absolute Gasteiger partial charge is 0.423 e. The van der Waals surface area contributed by atoms with E-state index < -0.39 is 7.12 Å². The number of nitrogens with zero attached hydrogens (tertiary/aromatic N) is 2. The lowest BCUT2D eigenvalue weighted by atomic mass is 9.80. The Morgan fingerprint density at radius 3 is 2.55 bits per heavy atom. The molecule has 2 aromatic carbocycles. The number of anilines is 1. The van der Waals surface area contributed by atoms with Gasteiger partial charge in [0.2, 0.25) is 0 Å². The average molecular weight is 314 g/mol. The first-order valence-electron chi connectivity index (χ1n) is 6.72. The quantitative estimate of drug-likeness (QED) is 0.637. The van der Waals surface area contributed by atoms with Crippen LogP contribution in [0.15, 0.2) is 48.8 Å². The predicted octanol–water partition coefficient (Wildman–Crippen LogP) is 1.58. The molecule has 0 aliphatic rings. The second kappa shape index (κ2) is 6.31. The summed E-state index contributed by atoms with van der Waals surface area (Å²) in [4.78, 5) is 8.45. The summed E-state index contributed by atoms with van der Waals surface area (Å²) < 4.78 is 0. The molecule has 3 aromatic rings. The van der Waals surface area contributed by atoms with Gasteiger partial charge in [-0.15, -0.1) is 0 Å². The minimum Gasteiger partial charge on any atom is -0.423 e. The Morgan fingerprint density at radius 2 is 1.82 bits per heavy atom. The van der Waals surface area contributed by atoms with Gasteiger partial charge in [-0.1, -0.05) is 35.9 Å². The molecule has 0 aliphatic heterocycles. The van der Waals surface area contributed by atoms with Crippen molar-refractivity contribution in [1.29, 1.82) is 0 Å². The Morgan fingerprint density at radius 1 is 1.05 bits per heavy atom. The van der Waals surface area contributed by atoms with E-state index >= 15 is 0 Å². The SMILES string of the molecule is OB(O)c1ccc(CNc2ncnc3cc(Cl)ccc23)cc1. The van der Waals surface area contributed by atoms with E-state index in [4.69, 9.17) is 21.6 Å². The fourth-order valence-corrected chi connectivity index (χ4v) is 2.33. The zero-order valence-corrected chi connectivity index (χ0v) is 12.3. The van der Waals surface area contributed by atoms with Gasteiger partial charge in [0, 0.05) is 17.0 Å². The Bertz CT molecular complexity index is 796. The highest BCUT2D eigenvalue weighted by atomic mass is 35.5. The third kappa shape index (κ3) is 3.19. The van der Waals surface area contributed by atoms with Crippen LogP contribution >= 0.6 is 11.6 Å². The van der Waals surface area contributed by atoms with E-state index in [0.29, 0.717) is 17.0 Å². The predicted molar refractivity (Wildman–Crippen MR) is 88.1 cm³/mol. The van der Waals surface area contributed by atoms with Gasteiger partial charge in [0.15, 0.2) is 0 Å². The molecule has 0 unspecified atom stereocenters. The Kier molecular flexibility index (Phi) is 4.24. The van der Waals surface area contributed by atoms with Gasteiger partial charge in [-0.2, -0.15) is 0 Å². The lowest BCUT2D eigenvalue weighted by Gasteiger charge is -2.09. The first-order chi connectivity index (χ1) is 10.6. The molecule has 0 saturated carbocycles. The van der Waals surface area contributed by atoms with Gasteiger partial charge in [-0.05, 0) is 29.2 Å². The van der Waals surface area contributed by atoms with Crippen molar-refractivity contribution < 1.29 is 10.0 Å². The summed E-state index contributed by atoms with van der Waals surface area (Å²) in [5, 5.41) is 22.9. The summed E-state index contributed by atoms with van der Waals surface area (Å²) >= 11 is 5.96. The number of aromatic nitrogens is 2. The minimum atomic E-state index is -1.45. The fraction of sp³-hybridized carbons (Fsp3) is 0.0667. The van der Waals surface area contributed by atoms with Crippen molar-refractivity contribution in [1.82, 2.24) is 9.97 Å². The van der Waals surface area contributed by atoms with Gasteiger partial charge < -0.3 is 15.4 Å². The fourth-order valence-electron chi connectivity index (χ4n) is 2.16. The lowest BCUT2D eigenvalue weighted by Crippen LogP contribution is -2.29. The first kappa shape index (κ1) is 14.8. The number of nitrogens with one attached hydrogen (secondary N) is 1. The van der Waals surface area contributed by atoms with Gasteiger partial charge in [0.25, 0.3) is 0 Å². The topological polar surface area (TPSA) is 78.3 Å². The number of rotatable bonds is 4. The molecule has 3 N–H and O–H groups in total. The summed E-state index contributed by atoms with van der Waals surface area (Å²) in [5.74, 6) is 0.730. The van der Waals surface area contributed by atoms with Crippen LogP contribution in [0.3, 0.4) is 0 Å². The molecular formula is C15H13BClN3O2. The second-order valence-electron chi connectivity index (χ2n) is 4.85. The van der Waals surface area contributed by atoms with E-state index in [1.54, 1.807) is 24.3 Å². The van der Waals surface area contributed by atoms with Gasteiger partial charge in [0.1, 0.15) is 12.1 Å². The van der Waals surface area contributed by atoms with E-state index in [2.05, 4.69) is 15.3 Å². The van der Waals surface area contributed by atoms with Crippen LogP contribution in [0.4, 0.5) is 5.82 Å². The molecular weight excluding hydrogens is 300 g/mol. The van der Waals surface area contributed by atoms with Crippen LogP contribution < -0.4 is 10.8 Å². The van der Waals surface area contributed by atoms with E-state index in [9.17, 15) is 0 Å². The number of halogens is 1. The normalized spacial score (nSPS) is 10.7. The van der Waals surface area contributed by atoms with Crippen LogP contribution in [0.25, 0.3) is 10.9 Å². The van der Waals surface area contributed by atoms with Crippen molar-refractivity contribution in [2.45, 2.75) is 6.54 Å². The molecule has 110 valence electrons. The van der Waals surface area contributed by atoms with Gasteiger partial charge in [0.05, 0.1) is 5.52 Å². The summed E-state index contributed by atoms with van der Waals surface area (Å²) in [6, 6.07) is 12.5. The van der Waals surface area contributed by atoms with Crippen LogP contribution in [0.5, 0.6) is 0 Å². The molecule has 0 radical (unpaired) electrons. The molecule has 0 atom stereocenters. The van der Waals surface area contributed by atoms with Crippen LogP contribution in [0.1, 0.15) is 5.56 Å². The molecule has 0 aliphatic carbocycles. The van der Waals surface area contributed by atoms with Crippen LogP contribution in [-0.4, -0.2) is 27.1 Å². The molecule has 0 amide bonds. The van der Waals surface area contributed by atoms with Crippen molar-refractivity contribution in [2.24, 2.45) is 0 Å². The van der Waals surface area contributed by atoms with Crippen molar-refractivity contribution in [2.75, 3.05) is 5.32 Å². The van der Waals surface area contributed by atoms with Crippen molar-refractivity contribution in [3.8, 4) is 0 Å². The van der Waals surface area contributed by atoms with Crippen LogP contribution in [0.2, 0.25) is 5.02 Å². The zero-order valence-electron chi connectivity index (χ0n) is 11.6. The van der Waals surface area contributed by atoms with E-state index in [1.165, 1.54) is 6.33 Å². The summed E-state index contributed by atoms with van der Waals surface area (Å²) in [6.07, 6.45) is 1.49. The van der Waals surface area contributed by atoms with E-state index in [1.807, 2.05) is 18.2 Å². The summed E-state index contributed by atoms with van der Waals surface area (Å²) in [7, 11) is -1.45. The molecule has 22 heavy (non-hydrogen) atoms. The lowest BCUT2D eigenvalue weighted by molar-refractivity contribution is 0.426. The number of hydrogen-bond acceptors (Lipinski definition) is 5. The zero-order chi connectivity index (χ0) is 15.5. The third-order valence-electron chi connectivity index (χ3n) is 3.34. The van der Waals surface area contributed by atoms with Crippen LogP contribution in [-0.2, 0) is 6.54 Å². The first-order valence-corrected chi connectivity index (χ1v) is 7.10. The third-order valence-corrected chi connectivity index (χ3v) is 3.57. The maximum absolute atomic E-state index is 9.08. The molecule has 0 saturated heterocycles. The Labute approximate surface area is 132 Å². The van der Waals surface area contributed by atoms with E-state index in [-0.39, 0.29) is 0 Å². The minimum absolute atomic E-state index is 0.464. The van der Waals surface area contributed by atoms with Gasteiger partial charge >= 0.3 is 7.12 Å². The highest BCUT2D eigenvalue weighted by Gasteiger charge is 2.10. The van der Waals surface area contributed by atoms with Gasteiger partial charge in [-0.3, -0.25) is 0 Å². The number of benzene rings is 2. The monoisotopic (exact) mass is 313 g/mol. The van der Waals surface area contributed by atoms with Crippen molar-refractivity contribution in [3.63, 3.8) is 0 Å².